The van der Waals surface area contributed by atoms with E-state index in [1.54, 1.807) is 0 Å². The van der Waals surface area contributed by atoms with Gasteiger partial charge in [-0.3, -0.25) is 10.6 Å². The maximum Gasteiger partial charge on any atom is 0.279 e. The van der Waals surface area contributed by atoms with Gasteiger partial charge < -0.3 is 11.3 Å². The fraction of sp³-hybridized carbons (Fsp3) is 0.111. The molecule has 0 bridgehead atoms. The summed E-state index contributed by atoms with van der Waals surface area (Å²) in [5, 5.41) is -0.243. The zero-order valence-corrected chi connectivity index (χ0v) is 8.79. The molecule has 1 heterocycles. The minimum absolute atomic E-state index is 0.107. The largest absolute Gasteiger partial charge is 0.335 e. The fourth-order valence-corrected chi connectivity index (χ4v) is 1.51. The summed E-state index contributed by atoms with van der Waals surface area (Å²) in [6.07, 6.45) is 0. The van der Waals surface area contributed by atoms with Crippen LogP contribution in [-0.2, 0) is 0 Å². The minimum atomic E-state index is -1.02. The molecule has 0 unspecified atom stereocenters. The van der Waals surface area contributed by atoms with Crippen molar-refractivity contribution in [1.82, 2.24) is 9.66 Å². The van der Waals surface area contributed by atoms with E-state index in [1.807, 2.05) is 5.43 Å². The van der Waals surface area contributed by atoms with Crippen LogP contribution in [0.1, 0.15) is 5.82 Å². The average Bonchev–Trinajstić information content (AvgIpc) is 2.29. The minimum Gasteiger partial charge on any atom is -0.335 e. The molecule has 0 saturated heterocycles. The summed E-state index contributed by atoms with van der Waals surface area (Å²) in [4.78, 5) is 15.5. The molecular formula is C9H9F2N5O. The third kappa shape index (κ3) is 1.49. The molecule has 0 radical (unpaired) electrons. The first-order valence-corrected chi connectivity index (χ1v) is 4.60. The van der Waals surface area contributed by atoms with Gasteiger partial charge in [0.05, 0.1) is 5.39 Å². The molecule has 0 aliphatic rings. The summed E-state index contributed by atoms with van der Waals surface area (Å²) in [6.45, 7) is 1.43. The number of aromatic nitrogens is 2. The Morgan fingerprint density at radius 1 is 1.47 bits per heavy atom. The van der Waals surface area contributed by atoms with Gasteiger partial charge in [-0.1, -0.05) is 0 Å². The summed E-state index contributed by atoms with van der Waals surface area (Å²) in [5.41, 5.74) is 0.334. The van der Waals surface area contributed by atoms with E-state index in [2.05, 4.69) is 4.98 Å². The summed E-state index contributed by atoms with van der Waals surface area (Å²) >= 11 is 0. The Labute approximate surface area is 93.8 Å². The molecular weight excluding hydrogens is 232 g/mol. The Bertz CT molecular complexity index is 667. The van der Waals surface area contributed by atoms with Crippen LogP contribution in [0.4, 0.5) is 14.5 Å². The van der Waals surface area contributed by atoms with E-state index in [-0.39, 0.29) is 16.7 Å². The lowest BCUT2D eigenvalue weighted by molar-refractivity contribution is 0.594. The van der Waals surface area contributed by atoms with Crippen molar-refractivity contribution < 1.29 is 8.78 Å². The Balaban J connectivity index is 3.03. The van der Waals surface area contributed by atoms with Crippen LogP contribution in [0, 0.1) is 18.6 Å². The quantitative estimate of drug-likeness (QED) is 0.481. The van der Waals surface area contributed by atoms with Gasteiger partial charge in [0.2, 0.25) is 0 Å². The zero-order valence-electron chi connectivity index (χ0n) is 8.79. The van der Waals surface area contributed by atoms with Gasteiger partial charge >= 0.3 is 0 Å². The van der Waals surface area contributed by atoms with E-state index in [4.69, 9.17) is 11.7 Å². The fourth-order valence-electron chi connectivity index (χ4n) is 1.51. The Kier molecular flexibility index (Phi) is 2.43. The van der Waals surface area contributed by atoms with Crippen molar-refractivity contribution in [2.45, 2.75) is 6.92 Å². The summed E-state index contributed by atoms with van der Waals surface area (Å²) in [7, 11) is 0. The number of nitrogens with one attached hydrogen (secondary N) is 1. The van der Waals surface area contributed by atoms with E-state index < -0.39 is 22.9 Å². The van der Waals surface area contributed by atoms with E-state index in [9.17, 15) is 13.6 Å². The second kappa shape index (κ2) is 3.67. The van der Waals surface area contributed by atoms with E-state index >= 15 is 0 Å². The van der Waals surface area contributed by atoms with E-state index in [0.717, 1.165) is 10.7 Å². The first kappa shape index (κ1) is 11.3. The molecule has 5 N–H and O–H groups in total. The lowest BCUT2D eigenvalue weighted by atomic mass is 10.2. The molecule has 90 valence electrons. The number of benzene rings is 1. The van der Waals surface area contributed by atoms with Crippen LogP contribution in [-0.4, -0.2) is 9.66 Å². The highest BCUT2D eigenvalue weighted by atomic mass is 19.1. The van der Waals surface area contributed by atoms with Gasteiger partial charge in [0.1, 0.15) is 17.0 Å². The number of nitrogens with two attached hydrogens (primary N) is 2. The first-order valence-electron chi connectivity index (χ1n) is 4.60. The number of hydrogen-bond acceptors (Lipinski definition) is 5. The zero-order chi connectivity index (χ0) is 12.7. The smallest absolute Gasteiger partial charge is 0.279 e. The number of nitrogens with zero attached hydrogens (tertiary/aromatic N) is 2. The second-order valence-electron chi connectivity index (χ2n) is 3.42. The van der Waals surface area contributed by atoms with Crippen LogP contribution in [0.3, 0.4) is 0 Å². The Morgan fingerprint density at radius 3 is 2.71 bits per heavy atom. The van der Waals surface area contributed by atoms with Crippen molar-refractivity contribution in [2.24, 2.45) is 5.84 Å². The van der Waals surface area contributed by atoms with Gasteiger partial charge in [0.25, 0.3) is 5.56 Å². The summed E-state index contributed by atoms with van der Waals surface area (Å²) < 4.78 is 27.9. The van der Waals surface area contributed by atoms with Gasteiger partial charge in [-0.05, 0) is 13.0 Å². The van der Waals surface area contributed by atoms with Crippen LogP contribution in [0.5, 0.6) is 0 Å². The van der Waals surface area contributed by atoms with Crippen LogP contribution in [0.2, 0.25) is 0 Å². The second-order valence-corrected chi connectivity index (χ2v) is 3.42. The maximum atomic E-state index is 13.8. The highest BCUT2D eigenvalue weighted by molar-refractivity contribution is 5.82. The highest BCUT2D eigenvalue weighted by Crippen LogP contribution is 2.24. The standard InChI is InChI=1S/C9H9F2N5O/c1-3-14-7-4(9(17)16(3)13)2-5(10)8(15-12)6(7)11/h2,15H,12-13H2,1H3. The molecule has 2 aromatic rings. The molecule has 17 heavy (non-hydrogen) atoms. The van der Waals surface area contributed by atoms with Gasteiger partial charge in [0, 0.05) is 0 Å². The predicted molar refractivity (Wildman–Crippen MR) is 58.6 cm³/mol. The average molecular weight is 241 g/mol. The van der Waals surface area contributed by atoms with Crippen molar-refractivity contribution in [3.8, 4) is 0 Å². The molecule has 2 rings (SSSR count). The van der Waals surface area contributed by atoms with Gasteiger partial charge in [0.15, 0.2) is 11.6 Å². The maximum absolute atomic E-state index is 13.8. The Hall–Kier alpha value is -2.22. The molecule has 0 atom stereocenters. The van der Waals surface area contributed by atoms with Crippen LogP contribution in [0.25, 0.3) is 10.9 Å². The SMILES string of the molecule is Cc1nc2c(F)c(NN)c(F)cc2c(=O)n1N. The van der Waals surface area contributed by atoms with Gasteiger partial charge in [-0.15, -0.1) is 0 Å². The predicted octanol–water partition coefficient (Wildman–Crippen LogP) is -0.0175. The van der Waals surface area contributed by atoms with Crippen molar-refractivity contribution >= 4 is 16.6 Å². The normalized spacial score (nSPS) is 10.8. The lowest BCUT2D eigenvalue weighted by Crippen LogP contribution is -2.30. The van der Waals surface area contributed by atoms with Crippen molar-refractivity contribution in [2.75, 3.05) is 11.3 Å². The van der Waals surface area contributed by atoms with E-state index in [0.29, 0.717) is 0 Å². The van der Waals surface area contributed by atoms with Crippen LogP contribution in [0.15, 0.2) is 10.9 Å². The first-order chi connectivity index (χ1) is 7.97. The molecule has 0 aliphatic heterocycles. The topological polar surface area (TPSA) is 99.0 Å². The molecule has 0 saturated carbocycles. The molecule has 0 aliphatic carbocycles. The van der Waals surface area contributed by atoms with Crippen molar-refractivity contribution in [3.63, 3.8) is 0 Å². The number of halogens is 2. The van der Waals surface area contributed by atoms with Crippen molar-refractivity contribution in [1.29, 1.82) is 0 Å². The summed E-state index contributed by atoms with van der Waals surface area (Å²) in [5.74, 6) is 8.45. The molecule has 0 spiro atoms. The van der Waals surface area contributed by atoms with E-state index in [1.165, 1.54) is 6.92 Å². The molecule has 0 amide bonds. The molecule has 1 aromatic carbocycles. The number of hydrogen-bond donors (Lipinski definition) is 3. The monoisotopic (exact) mass is 241 g/mol. The van der Waals surface area contributed by atoms with Crippen LogP contribution < -0.4 is 22.7 Å². The number of aryl methyl sites for hydroxylation is 1. The molecule has 8 heteroatoms. The number of fused-ring (bicyclic) bond motifs is 1. The van der Waals surface area contributed by atoms with Crippen molar-refractivity contribution in [3.05, 3.63) is 33.9 Å². The number of nitrogen functional groups attached to an aromatic ring is 2. The lowest BCUT2D eigenvalue weighted by Gasteiger charge is -2.09. The third-order valence-electron chi connectivity index (χ3n) is 2.41. The molecule has 0 fully saturated rings. The van der Waals surface area contributed by atoms with Gasteiger partial charge in [-0.25, -0.2) is 18.4 Å². The number of hydrazine groups is 1. The molecule has 6 nitrogen and oxygen atoms in total. The van der Waals surface area contributed by atoms with Gasteiger partial charge in [-0.2, -0.15) is 0 Å². The summed E-state index contributed by atoms with van der Waals surface area (Å²) in [6, 6.07) is 0.839. The third-order valence-corrected chi connectivity index (χ3v) is 2.41. The highest BCUT2D eigenvalue weighted by Gasteiger charge is 2.17. The Morgan fingerprint density at radius 2 is 2.12 bits per heavy atom. The number of anilines is 1. The van der Waals surface area contributed by atoms with Crippen LogP contribution >= 0.6 is 0 Å². The number of rotatable bonds is 1. The molecule has 1 aromatic heterocycles.